The van der Waals surface area contributed by atoms with Crippen LogP contribution < -0.4 is 27.4 Å². The van der Waals surface area contributed by atoms with Crippen LogP contribution in [0.5, 0.6) is 0 Å². The number of thiol groups is 1. The van der Waals surface area contributed by atoms with Crippen LogP contribution in [0.3, 0.4) is 0 Å². The number of carbonyl (C=O) groups is 5. The zero-order valence-corrected chi connectivity index (χ0v) is 20.4. The Morgan fingerprint density at radius 1 is 0.971 bits per heavy atom. The van der Waals surface area contributed by atoms with E-state index >= 15 is 0 Å². The molecule has 4 amide bonds. The highest BCUT2D eigenvalue weighted by Crippen LogP contribution is 2.06. The molecule has 0 aromatic heterocycles. The van der Waals surface area contributed by atoms with Crippen molar-refractivity contribution in [3.63, 3.8) is 0 Å². The van der Waals surface area contributed by atoms with E-state index in [4.69, 9.17) is 11.5 Å². The molecule has 34 heavy (non-hydrogen) atoms. The summed E-state index contributed by atoms with van der Waals surface area (Å²) in [6.45, 7) is 0. The number of carboxylic acids is 1. The molecule has 0 saturated carbocycles. The van der Waals surface area contributed by atoms with Crippen LogP contribution in [0.2, 0.25) is 0 Å². The van der Waals surface area contributed by atoms with Gasteiger partial charge in [0.05, 0.1) is 12.5 Å². The van der Waals surface area contributed by atoms with Crippen LogP contribution in [0, 0.1) is 0 Å². The third-order valence-electron chi connectivity index (χ3n) is 4.72. The number of hydrogen-bond acceptors (Lipinski definition) is 8. The molecule has 0 spiro atoms. The Bertz CT molecular complexity index is 857. The third-order valence-corrected chi connectivity index (χ3v) is 5.73. The molecule has 4 atom stereocenters. The van der Waals surface area contributed by atoms with Gasteiger partial charge < -0.3 is 32.5 Å². The van der Waals surface area contributed by atoms with Gasteiger partial charge in [0.1, 0.15) is 18.1 Å². The molecule has 8 N–H and O–H groups in total. The smallest absolute Gasteiger partial charge is 0.326 e. The Morgan fingerprint density at radius 3 is 2.06 bits per heavy atom. The van der Waals surface area contributed by atoms with E-state index in [0.29, 0.717) is 17.7 Å². The zero-order chi connectivity index (χ0) is 25.7. The van der Waals surface area contributed by atoms with Gasteiger partial charge >= 0.3 is 5.97 Å². The van der Waals surface area contributed by atoms with Crippen LogP contribution in [0.4, 0.5) is 0 Å². The van der Waals surface area contributed by atoms with Gasteiger partial charge in [-0.2, -0.15) is 24.4 Å². The molecule has 1 aromatic rings. The normalized spacial score (nSPS) is 14.2. The van der Waals surface area contributed by atoms with Crippen molar-refractivity contribution in [2.75, 3.05) is 17.8 Å². The number of nitrogens with two attached hydrogens (primary N) is 2. The van der Waals surface area contributed by atoms with Gasteiger partial charge in [-0.3, -0.25) is 19.2 Å². The standard InChI is InChI=1S/C21H31N5O6S2/c1-34-8-7-13(22)18(28)26-16(11-33)20(30)24-14(9-12-5-3-2-4-6-12)19(29)25-15(21(31)32)10-17(23)27/h2-6,13-16,33H,7-11,22H2,1H3,(H2,23,27)(H,24,30)(H,25,29)(H,26,28)(H,31,32). The molecule has 0 fully saturated rings. The minimum Gasteiger partial charge on any atom is -0.480 e. The van der Waals surface area contributed by atoms with Crippen molar-refractivity contribution in [3.8, 4) is 0 Å². The fraction of sp³-hybridized carbons (Fsp3) is 0.476. The lowest BCUT2D eigenvalue weighted by Crippen LogP contribution is -2.58. The number of aliphatic carboxylic acids is 1. The monoisotopic (exact) mass is 513 g/mol. The number of hydrogen-bond donors (Lipinski definition) is 7. The number of carboxylic acid groups (broad SMARTS) is 1. The van der Waals surface area contributed by atoms with Crippen molar-refractivity contribution in [3.05, 3.63) is 35.9 Å². The molecule has 0 heterocycles. The van der Waals surface area contributed by atoms with E-state index in [-0.39, 0.29) is 12.2 Å². The van der Waals surface area contributed by atoms with Crippen molar-refractivity contribution < 1.29 is 29.1 Å². The second-order valence-corrected chi connectivity index (χ2v) is 8.80. The number of amides is 4. The Labute approximate surface area is 207 Å². The van der Waals surface area contributed by atoms with Gasteiger partial charge in [-0.25, -0.2) is 4.79 Å². The number of rotatable bonds is 15. The second kappa shape index (κ2) is 15.2. The number of nitrogens with one attached hydrogen (secondary N) is 3. The van der Waals surface area contributed by atoms with E-state index in [1.165, 1.54) is 11.8 Å². The van der Waals surface area contributed by atoms with Gasteiger partial charge in [0.25, 0.3) is 0 Å². The van der Waals surface area contributed by atoms with E-state index in [9.17, 15) is 29.1 Å². The lowest BCUT2D eigenvalue weighted by molar-refractivity contribution is -0.143. The van der Waals surface area contributed by atoms with Crippen LogP contribution in [0.15, 0.2) is 30.3 Å². The van der Waals surface area contributed by atoms with Crippen LogP contribution in [-0.4, -0.2) is 76.6 Å². The van der Waals surface area contributed by atoms with Crippen molar-refractivity contribution in [1.29, 1.82) is 0 Å². The molecule has 0 aliphatic heterocycles. The van der Waals surface area contributed by atoms with E-state index in [2.05, 4.69) is 28.6 Å². The molecule has 1 rings (SSSR count). The molecule has 0 aliphatic rings. The number of carbonyl (C=O) groups excluding carboxylic acids is 4. The van der Waals surface area contributed by atoms with Gasteiger partial charge in [0.15, 0.2) is 0 Å². The predicted molar refractivity (Wildman–Crippen MR) is 132 cm³/mol. The molecule has 1 aromatic carbocycles. The van der Waals surface area contributed by atoms with Gasteiger partial charge in [-0.05, 0) is 24.0 Å². The fourth-order valence-electron chi connectivity index (χ4n) is 2.85. The van der Waals surface area contributed by atoms with Crippen molar-refractivity contribution >= 4 is 54.0 Å². The Balaban J connectivity index is 2.99. The molecule has 188 valence electrons. The Morgan fingerprint density at radius 2 is 1.53 bits per heavy atom. The first kappa shape index (κ1) is 29.3. The van der Waals surface area contributed by atoms with Gasteiger partial charge in [0, 0.05) is 12.2 Å². The summed E-state index contributed by atoms with van der Waals surface area (Å²) >= 11 is 5.64. The largest absolute Gasteiger partial charge is 0.480 e. The molecule has 0 aliphatic carbocycles. The lowest BCUT2D eigenvalue weighted by Gasteiger charge is -2.24. The van der Waals surface area contributed by atoms with Crippen molar-refractivity contribution in [2.45, 2.75) is 43.4 Å². The van der Waals surface area contributed by atoms with Gasteiger partial charge in [-0.1, -0.05) is 30.3 Å². The summed E-state index contributed by atoms with van der Waals surface area (Å²) in [6.07, 6.45) is 1.71. The Kier molecular flexibility index (Phi) is 13.1. The van der Waals surface area contributed by atoms with Gasteiger partial charge in [-0.15, -0.1) is 0 Å². The van der Waals surface area contributed by atoms with E-state index in [1.54, 1.807) is 30.3 Å². The maximum absolute atomic E-state index is 12.9. The van der Waals surface area contributed by atoms with Gasteiger partial charge in [0.2, 0.25) is 23.6 Å². The fourth-order valence-corrected chi connectivity index (χ4v) is 3.60. The molecule has 4 unspecified atom stereocenters. The predicted octanol–water partition coefficient (Wildman–Crippen LogP) is -1.35. The maximum Gasteiger partial charge on any atom is 0.326 e. The maximum atomic E-state index is 12.9. The summed E-state index contributed by atoms with van der Waals surface area (Å²) in [5.74, 6) is -3.80. The summed E-state index contributed by atoms with van der Waals surface area (Å²) in [6, 6.07) is 4.07. The molecular formula is C21H31N5O6S2. The number of thioether (sulfide) groups is 1. The molecule has 0 saturated heterocycles. The summed E-state index contributed by atoms with van der Waals surface area (Å²) < 4.78 is 0. The number of primary amides is 1. The third kappa shape index (κ3) is 10.4. The van der Waals surface area contributed by atoms with Crippen molar-refractivity contribution in [1.82, 2.24) is 16.0 Å². The second-order valence-electron chi connectivity index (χ2n) is 7.45. The number of benzene rings is 1. The molecular weight excluding hydrogens is 482 g/mol. The minimum atomic E-state index is -1.56. The van der Waals surface area contributed by atoms with Crippen LogP contribution in [0.1, 0.15) is 18.4 Å². The highest BCUT2D eigenvalue weighted by atomic mass is 32.2. The van der Waals surface area contributed by atoms with Crippen LogP contribution in [0.25, 0.3) is 0 Å². The summed E-state index contributed by atoms with van der Waals surface area (Å²) in [5.41, 5.74) is 11.6. The summed E-state index contributed by atoms with van der Waals surface area (Å²) in [4.78, 5) is 60.6. The quantitative estimate of drug-likeness (QED) is 0.140. The lowest BCUT2D eigenvalue weighted by atomic mass is 10.0. The van der Waals surface area contributed by atoms with Crippen LogP contribution in [-0.2, 0) is 30.4 Å². The highest BCUT2D eigenvalue weighted by Gasteiger charge is 2.30. The van der Waals surface area contributed by atoms with E-state index in [0.717, 1.165) is 0 Å². The summed E-state index contributed by atoms with van der Waals surface area (Å²) in [7, 11) is 0. The molecule has 11 nitrogen and oxygen atoms in total. The SMILES string of the molecule is CSCCC(N)C(=O)NC(CS)C(=O)NC(Cc1ccccc1)C(=O)NC(CC(N)=O)C(=O)O. The van der Waals surface area contributed by atoms with E-state index in [1.807, 2.05) is 6.26 Å². The molecule has 13 heteroatoms. The topological polar surface area (TPSA) is 194 Å². The Hall–Kier alpha value is -2.77. The van der Waals surface area contributed by atoms with E-state index < -0.39 is 60.2 Å². The summed E-state index contributed by atoms with van der Waals surface area (Å²) in [5, 5.41) is 16.6. The first-order chi connectivity index (χ1) is 16.1. The zero-order valence-electron chi connectivity index (χ0n) is 18.7. The molecule has 0 bridgehead atoms. The minimum absolute atomic E-state index is 0.0296. The first-order valence-corrected chi connectivity index (χ1v) is 12.4. The highest BCUT2D eigenvalue weighted by molar-refractivity contribution is 7.98. The average Bonchev–Trinajstić information content (AvgIpc) is 2.79. The molecule has 0 radical (unpaired) electrons. The first-order valence-electron chi connectivity index (χ1n) is 10.4. The van der Waals surface area contributed by atoms with Crippen molar-refractivity contribution in [2.24, 2.45) is 11.5 Å². The average molecular weight is 514 g/mol. The van der Waals surface area contributed by atoms with Crippen LogP contribution >= 0.6 is 24.4 Å².